The summed E-state index contributed by atoms with van der Waals surface area (Å²) >= 11 is 0. The van der Waals surface area contributed by atoms with Crippen molar-refractivity contribution in [3.05, 3.63) is 23.7 Å². The molecule has 0 aliphatic carbocycles. The second-order valence-corrected chi connectivity index (χ2v) is 3.62. The molecule has 0 aliphatic rings. The zero-order chi connectivity index (χ0) is 11.1. The quantitative estimate of drug-likeness (QED) is 0.670. The summed E-state index contributed by atoms with van der Waals surface area (Å²) in [4.78, 5) is 0. The SMILES string of the molecule is COCc1ccc(CNCCC(C)O)o1. The minimum atomic E-state index is -0.252. The molecule has 1 aromatic heterocycles. The van der Waals surface area contributed by atoms with Crippen LogP contribution in [0.2, 0.25) is 0 Å². The predicted molar refractivity (Wildman–Crippen MR) is 57.4 cm³/mol. The number of ether oxygens (including phenoxy) is 1. The van der Waals surface area contributed by atoms with Crippen LogP contribution in [0.5, 0.6) is 0 Å². The molecular formula is C11H19NO3. The maximum absolute atomic E-state index is 9.04. The van der Waals surface area contributed by atoms with Gasteiger partial charge in [0.2, 0.25) is 0 Å². The van der Waals surface area contributed by atoms with Crippen LogP contribution in [0.15, 0.2) is 16.5 Å². The van der Waals surface area contributed by atoms with Gasteiger partial charge >= 0.3 is 0 Å². The first-order valence-corrected chi connectivity index (χ1v) is 5.17. The molecule has 1 rings (SSSR count). The van der Waals surface area contributed by atoms with Crippen LogP contribution in [0.25, 0.3) is 0 Å². The van der Waals surface area contributed by atoms with Crippen LogP contribution in [-0.4, -0.2) is 24.9 Å². The number of hydrogen-bond acceptors (Lipinski definition) is 4. The lowest BCUT2D eigenvalue weighted by atomic mass is 10.3. The van der Waals surface area contributed by atoms with Gasteiger partial charge < -0.3 is 19.6 Å². The predicted octanol–water partition coefficient (Wildman–Crippen LogP) is 1.29. The van der Waals surface area contributed by atoms with Crippen molar-refractivity contribution in [1.29, 1.82) is 0 Å². The first kappa shape index (κ1) is 12.2. The number of rotatable bonds is 7. The number of aliphatic hydroxyl groups is 1. The Bertz CT molecular complexity index is 271. The molecule has 1 atom stereocenters. The van der Waals surface area contributed by atoms with E-state index in [1.807, 2.05) is 12.1 Å². The van der Waals surface area contributed by atoms with Crippen LogP contribution in [0.3, 0.4) is 0 Å². The average Bonchev–Trinajstić information content (AvgIpc) is 2.61. The van der Waals surface area contributed by atoms with Crippen molar-refractivity contribution in [3.8, 4) is 0 Å². The molecule has 4 heteroatoms. The number of methoxy groups -OCH3 is 1. The van der Waals surface area contributed by atoms with Crippen LogP contribution in [0.1, 0.15) is 24.9 Å². The first-order valence-electron chi connectivity index (χ1n) is 5.17. The van der Waals surface area contributed by atoms with Gasteiger partial charge in [0.05, 0.1) is 12.6 Å². The summed E-state index contributed by atoms with van der Waals surface area (Å²) in [6.07, 6.45) is 0.504. The van der Waals surface area contributed by atoms with Crippen molar-refractivity contribution >= 4 is 0 Å². The van der Waals surface area contributed by atoms with Crippen molar-refractivity contribution in [2.75, 3.05) is 13.7 Å². The molecule has 1 heterocycles. The second-order valence-electron chi connectivity index (χ2n) is 3.62. The topological polar surface area (TPSA) is 54.6 Å². The summed E-state index contributed by atoms with van der Waals surface area (Å²) in [5, 5.41) is 12.2. The van der Waals surface area contributed by atoms with Crippen molar-refractivity contribution in [1.82, 2.24) is 5.32 Å². The van der Waals surface area contributed by atoms with Crippen molar-refractivity contribution in [2.24, 2.45) is 0 Å². The molecule has 0 bridgehead atoms. The average molecular weight is 213 g/mol. The molecule has 0 spiro atoms. The highest BCUT2D eigenvalue weighted by atomic mass is 16.5. The standard InChI is InChI=1S/C11H19NO3/c1-9(13)5-6-12-7-10-3-4-11(15-10)8-14-2/h3-4,9,12-13H,5-8H2,1-2H3. The highest BCUT2D eigenvalue weighted by molar-refractivity contribution is 5.06. The maximum Gasteiger partial charge on any atom is 0.129 e. The third-order valence-electron chi connectivity index (χ3n) is 2.04. The molecular weight excluding hydrogens is 194 g/mol. The summed E-state index contributed by atoms with van der Waals surface area (Å²) < 4.78 is 10.4. The Labute approximate surface area is 90.2 Å². The molecule has 0 saturated heterocycles. The van der Waals surface area contributed by atoms with Gasteiger partial charge in [-0.3, -0.25) is 0 Å². The molecule has 0 aliphatic heterocycles. The van der Waals surface area contributed by atoms with E-state index in [2.05, 4.69) is 5.32 Å². The van der Waals surface area contributed by atoms with Gasteiger partial charge in [-0.05, 0) is 32.0 Å². The molecule has 0 radical (unpaired) electrons. The lowest BCUT2D eigenvalue weighted by molar-refractivity contribution is 0.162. The Kier molecular flexibility index (Phi) is 5.39. The van der Waals surface area contributed by atoms with Crippen LogP contribution in [0, 0.1) is 0 Å². The van der Waals surface area contributed by atoms with Gasteiger partial charge in [0.25, 0.3) is 0 Å². The largest absolute Gasteiger partial charge is 0.462 e. The van der Waals surface area contributed by atoms with Gasteiger partial charge in [0.15, 0.2) is 0 Å². The minimum Gasteiger partial charge on any atom is -0.462 e. The highest BCUT2D eigenvalue weighted by Crippen LogP contribution is 2.08. The summed E-state index contributed by atoms with van der Waals surface area (Å²) in [7, 11) is 1.64. The van der Waals surface area contributed by atoms with E-state index in [1.165, 1.54) is 0 Å². The normalized spacial score (nSPS) is 13.0. The van der Waals surface area contributed by atoms with Gasteiger partial charge in [-0.25, -0.2) is 0 Å². The molecule has 0 fully saturated rings. The van der Waals surface area contributed by atoms with Gasteiger partial charge in [0, 0.05) is 7.11 Å². The minimum absolute atomic E-state index is 0.252. The highest BCUT2D eigenvalue weighted by Gasteiger charge is 2.01. The van der Waals surface area contributed by atoms with Crippen LogP contribution < -0.4 is 5.32 Å². The van der Waals surface area contributed by atoms with E-state index in [1.54, 1.807) is 14.0 Å². The van der Waals surface area contributed by atoms with Crippen LogP contribution in [0.4, 0.5) is 0 Å². The third kappa shape index (κ3) is 4.97. The molecule has 0 aromatic carbocycles. The fraction of sp³-hybridized carbons (Fsp3) is 0.636. The monoisotopic (exact) mass is 213 g/mol. The van der Waals surface area contributed by atoms with E-state index < -0.39 is 0 Å². The zero-order valence-electron chi connectivity index (χ0n) is 9.32. The molecule has 2 N–H and O–H groups in total. The Morgan fingerprint density at radius 1 is 1.47 bits per heavy atom. The summed E-state index contributed by atoms with van der Waals surface area (Å²) in [6, 6.07) is 3.85. The number of aliphatic hydroxyl groups excluding tert-OH is 1. The Balaban J connectivity index is 2.19. The van der Waals surface area contributed by atoms with Gasteiger partial charge in [-0.1, -0.05) is 0 Å². The van der Waals surface area contributed by atoms with E-state index in [0.29, 0.717) is 13.2 Å². The first-order chi connectivity index (χ1) is 7.22. The summed E-state index contributed by atoms with van der Waals surface area (Å²) in [5.41, 5.74) is 0. The lowest BCUT2D eigenvalue weighted by Crippen LogP contribution is -2.18. The van der Waals surface area contributed by atoms with Gasteiger partial charge in [-0.2, -0.15) is 0 Å². The third-order valence-corrected chi connectivity index (χ3v) is 2.04. The fourth-order valence-corrected chi connectivity index (χ4v) is 1.26. The smallest absolute Gasteiger partial charge is 0.129 e. The fourth-order valence-electron chi connectivity index (χ4n) is 1.26. The Morgan fingerprint density at radius 2 is 2.20 bits per heavy atom. The van der Waals surface area contributed by atoms with E-state index in [9.17, 15) is 0 Å². The van der Waals surface area contributed by atoms with Gasteiger partial charge in [-0.15, -0.1) is 0 Å². The van der Waals surface area contributed by atoms with E-state index in [4.69, 9.17) is 14.3 Å². The molecule has 15 heavy (non-hydrogen) atoms. The maximum atomic E-state index is 9.04. The molecule has 1 aromatic rings. The van der Waals surface area contributed by atoms with Gasteiger partial charge in [0.1, 0.15) is 18.1 Å². The number of furan rings is 1. The summed E-state index contributed by atoms with van der Waals surface area (Å²) in [6.45, 7) is 3.77. The van der Waals surface area contributed by atoms with E-state index in [0.717, 1.165) is 24.5 Å². The molecule has 0 saturated carbocycles. The van der Waals surface area contributed by atoms with Crippen LogP contribution in [-0.2, 0) is 17.9 Å². The molecule has 0 amide bonds. The Morgan fingerprint density at radius 3 is 2.87 bits per heavy atom. The van der Waals surface area contributed by atoms with E-state index >= 15 is 0 Å². The van der Waals surface area contributed by atoms with E-state index in [-0.39, 0.29) is 6.10 Å². The second kappa shape index (κ2) is 6.61. The zero-order valence-corrected chi connectivity index (χ0v) is 9.32. The number of nitrogens with one attached hydrogen (secondary N) is 1. The molecule has 1 unspecified atom stereocenters. The van der Waals surface area contributed by atoms with Crippen LogP contribution >= 0.6 is 0 Å². The van der Waals surface area contributed by atoms with Crippen molar-refractivity contribution in [3.63, 3.8) is 0 Å². The lowest BCUT2D eigenvalue weighted by Gasteiger charge is -2.04. The van der Waals surface area contributed by atoms with Crippen molar-refractivity contribution in [2.45, 2.75) is 32.6 Å². The molecule has 86 valence electrons. The Hall–Kier alpha value is -0.840. The summed E-state index contributed by atoms with van der Waals surface area (Å²) in [5.74, 6) is 1.73. The number of hydrogen-bond donors (Lipinski definition) is 2. The van der Waals surface area contributed by atoms with Crippen molar-refractivity contribution < 1.29 is 14.3 Å². The molecule has 4 nitrogen and oxygen atoms in total.